The van der Waals surface area contributed by atoms with Gasteiger partial charge >= 0.3 is 10.4 Å². The third-order valence-electron chi connectivity index (χ3n) is 1.84. The summed E-state index contributed by atoms with van der Waals surface area (Å²) >= 11 is 4.98. The van der Waals surface area contributed by atoms with Crippen LogP contribution in [0.1, 0.15) is 11.3 Å². The van der Waals surface area contributed by atoms with Crippen molar-refractivity contribution < 1.29 is 17.5 Å². The van der Waals surface area contributed by atoms with Gasteiger partial charge in [0.2, 0.25) is 0 Å². The van der Waals surface area contributed by atoms with E-state index in [1.165, 1.54) is 0 Å². The Hall–Kier alpha value is -1.05. The lowest BCUT2D eigenvalue weighted by Gasteiger charge is -1.94. The SMILES string of the molecule is Cc1ncc(C#N)c2sc(Br)cc12.O=S(=O)(O)O. The van der Waals surface area contributed by atoms with Crippen LogP contribution in [0.2, 0.25) is 0 Å². The van der Waals surface area contributed by atoms with E-state index >= 15 is 0 Å². The highest BCUT2D eigenvalue weighted by Crippen LogP contribution is 2.32. The number of hydrogen-bond donors (Lipinski definition) is 2. The Labute approximate surface area is 116 Å². The molecule has 0 saturated heterocycles. The van der Waals surface area contributed by atoms with E-state index in [2.05, 4.69) is 27.0 Å². The minimum atomic E-state index is -4.67. The highest BCUT2D eigenvalue weighted by molar-refractivity contribution is 9.11. The number of aromatic nitrogens is 1. The summed E-state index contributed by atoms with van der Waals surface area (Å²) in [5.74, 6) is 0. The lowest BCUT2D eigenvalue weighted by atomic mass is 10.2. The summed E-state index contributed by atoms with van der Waals surface area (Å²) in [6.45, 7) is 1.95. The number of rotatable bonds is 0. The molecule has 9 heteroatoms. The fourth-order valence-corrected chi connectivity index (χ4v) is 2.81. The zero-order valence-electron chi connectivity index (χ0n) is 8.95. The molecular formula is C9H7BrN2O4S2. The Morgan fingerprint density at radius 1 is 1.50 bits per heavy atom. The molecule has 2 N–H and O–H groups in total. The second kappa shape index (κ2) is 5.73. The molecule has 6 nitrogen and oxygen atoms in total. The van der Waals surface area contributed by atoms with Gasteiger partial charge in [0.1, 0.15) is 6.07 Å². The van der Waals surface area contributed by atoms with E-state index in [-0.39, 0.29) is 0 Å². The molecule has 2 aromatic heterocycles. The predicted octanol–water partition coefficient (Wildman–Crippen LogP) is 2.59. The number of nitriles is 1. The number of nitrogens with zero attached hydrogens (tertiary/aromatic N) is 2. The number of thiophene rings is 1. The van der Waals surface area contributed by atoms with Gasteiger partial charge < -0.3 is 0 Å². The fourth-order valence-electron chi connectivity index (χ4n) is 1.20. The smallest absolute Gasteiger partial charge is 0.264 e. The average Bonchev–Trinajstić information content (AvgIpc) is 2.59. The molecule has 0 aliphatic rings. The van der Waals surface area contributed by atoms with Crippen LogP contribution in [0.5, 0.6) is 0 Å². The lowest BCUT2D eigenvalue weighted by molar-refractivity contribution is 0.381. The largest absolute Gasteiger partial charge is 0.394 e. The number of aryl methyl sites for hydroxylation is 1. The van der Waals surface area contributed by atoms with Crippen LogP contribution in [0.3, 0.4) is 0 Å². The minimum Gasteiger partial charge on any atom is -0.264 e. The Bertz CT molecular complexity index is 710. The molecule has 0 saturated carbocycles. The van der Waals surface area contributed by atoms with E-state index in [9.17, 15) is 0 Å². The van der Waals surface area contributed by atoms with Gasteiger partial charge in [-0.05, 0) is 28.9 Å². The van der Waals surface area contributed by atoms with Crippen LogP contribution in [0.15, 0.2) is 16.0 Å². The molecule has 0 unspecified atom stereocenters. The molecule has 0 radical (unpaired) electrons. The van der Waals surface area contributed by atoms with Crippen LogP contribution in [-0.2, 0) is 10.4 Å². The highest BCUT2D eigenvalue weighted by Gasteiger charge is 2.07. The zero-order valence-corrected chi connectivity index (χ0v) is 12.2. The molecule has 0 bridgehead atoms. The number of fused-ring (bicyclic) bond motifs is 1. The molecule has 0 spiro atoms. The summed E-state index contributed by atoms with van der Waals surface area (Å²) in [6.07, 6.45) is 1.63. The van der Waals surface area contributed by atoms with Crippen LogP contribution in [-0.4, -0.2) is 22.5 Å². The first-order chi connectivity index (χ1) is 8.22. The minimum absolute atomic E-state index is 0.649. The van der Waals surface area contributed by atoms with Gasteiger partial charge in [-0.15, -0.1) is 11.3 Å². The van der Waals surface area contributed by atoms with E-state index in [4.69, 9.17) is 22.8 Å². The molecule has 0 amide bonds. The molecular weight excluding hydrogens is 344 g/mol. The van der Waals surface area contributed by atoms with E-state index in [0.717, 1.165) is 19.6 Å². The summed E-state index contributed by atoms with van der Waals surface area (Å²) in [5.41, 5.74) is 1.62. The summed E-state index contributed by atoms with van der Waals surface area (Å²) in [7, 11) is -4.67. The molecule has 0 aliphatic carbocycles. The first kappa shape index (κ1) is 15.0. The van der Waals surface area contributed by atoms with Gasteiger partial charge in [-0.3, -0.25) is 14.1 Å². The molecule has 2 rings (SSSR count). The standard InChI is InChI=1S/C9H5BrN2S.H2O4S/c1-5-7-2-8(10)13-9(7)6(3-11)4-12-5;1-5(2,3)4/h2,4H,1H3;(H2,1,2,3,4). The molecule has 2 aromatic rings. The second-order valence-corrected chi connectivity index (χ2v) is 6.44. The molecule has 18 heavy (non-hydrogen) atoms. The van der Waals surface area contributed by atoms with Gasteiger partial charge in [-0.2, -0.15) is 13.7 Å². The zero-order chi connectivity index (χ0) is 13.9. The van der Waals surface area contributed by atoms with Crippen molar-refractivity contribution in [2.24, 2.45) is 0 Å². The van der Waals surface area contributed by atoms with Crippen molar-refractivity contribution in [3.63, 3.8) is 0 Å². The van der Waals surface area contributed by atoms with Gasteiger partial charge in [0, 0.05) is 17.3 Å². The van der Waals surface area contributed by atoms with Crippen molar-refractivity contribution in [2.75, 3.05) is 0 Å². The maximum atomic E-state index is 8.84. The number of hydrogen-bond acceptors (Lipinski definition) is 5. The molecule has 0 aliphatic heterocycles. The Kier molecular flexibility index (Phi) is 4.78. The van der Waals surface area contributed by atoms with E-state index in [1.807, 2.05) is 13.0 Å². The summed E-state index contributed by atoms with van der Waals surface area (Å²) < 4.78 is 33.6. The Morgan fingerprint density at radius 2 is 2.06 bits per heavy atom. The van der Waals surface area contributed by atoms with Crippen molar-refractivity contribution >= 4 is 47.8 Å². The average molecular weight is 351 g/mol. The van der Waals surface area contributed by atoms with Crippen molar-refractivity contribution in [2.45, 2.75) is 6.92 Å². The third-order valence-corrected chi connectivity index (χ3v) is 3.52. The van der Waals surface area contributed by atoms with Gasteiger partial charge in [0.25, 0.3) is 0 Å². The van der Waals surface area contributed by atoms with Crippen LogP contribution in [0, 0.1) is 18.3 Å². The Balaban J connectivity index is 0.000000280. The van der Waals surface area contributed by atoms with Gasteiger partial charge in [0.05, 0.1) is 14.0 Å². The van der Waals surface area contributed by atoms with Crippen molar-refractivity contribution in [3.8, 4) is 6.07 Å². The first-order valence-electron chi connectivity index (χ1n) is 4.37. The highest BCUT2D eigenvalue weighted by atomic mass is 79.9. The maximum Gasteiger partial charge on any atom is 0.394 e. The summed E-state index contributed by atoms with van der Waals surface area (Å²) in [5, 5.41) is 9.90. The first-order valence-corrected chi connectivity index (χ1v) is 7.37. The van der Waals surface area contributed by atoms with Gasteiger partial charge in [0.15, 0.2) is 0 Å². The quantitative estimate of drug-likeness (QED) is 0.706. The second-order valence-electron chi connectivity index (χ2n) is 3.11. The van der Waals surface area contributed by atoms with Crippen molar-refractivity contribution in [3.05, 3.63) is 27.3 Å². The molecule has 0 atom stereocenters. The van der Waals surface area contributed by atoms with Crippen LogP contribution in [0.4, 0.5) is 0 Å². The summed E-state index contributed by atoms with van der Waals surface area (Å²) in [6, 6.07) is 4.14. The molecule has 0 aromatic carbocycles. The fraction of sp³-hybridized carbons (Fsp3) is 0.111. The van der Waals surface area contributed by atoms with E-state index < -0.39 is 10.4 Å². The predicted molar refractivity (Wildman–Crippen MR) is 70.9 cm³/mol. The molecule has 96 valence electrons. The van der Waals surface area contributed by atoms with E-state index in [0.29, 0.717) is 5.56 Å². The monoisotopic (exact) mass is 350 g/mol. The lowest BCUT2D eigenvalue weighted by Crippen LogP contribution is -1.89. The van der Waals surface area contributed by atoms with Crippen LogP contribution >= 0.6 is 27.3 Å². The van der Waals surface area contributed by atoms with Gasteiger partial charge in [-0.25, -0.2) is 0 Å². The van der Waals surface area contributed by atoms with Crippen molar-refractivity contribution in [1.29, 1.82) is 5.26 Å². The van der Waals surface area contributed by atoms with Gasteiger partial charge in [-0.1, -0.05) is 0 Å². The Morgan fingerprint density at radius 3 is 2.56 bits per heavy atom. The topological polar surface area (TPSA) is 111 Å². The normalized spacial score (nSPS) is 10.6. The van der Waals surface area contributed by atoms with Crippen LogP contribution in [0.25, 0.3) is 10.1 Å². The summed E-state index contributed by atoms with van der Waals surface area (Å²) in [4.78, 5) is 4.15. The third kappa shape index (κ3) is 4.32. The van der Waals surface area contributed by atoms with Crippen molar-refractivity contribution in [1.82, 2.24) is 4.98 Å². The maximum absolute atomic E-state index is 8.84. The van der Waals surface area contributed by atoms with E-state index in [1.54, 1.807) is 17.5 Å². The number of halogens is 1. The molecule has 2 heterocycles. The number of pyridine rings is 1. The molecule has 0 fully saturated rings. The van der Waals surface area contributed by atoms with Crippen LogP contribution < -0.4 is 0 Å².